The summed E-state index contributed by atoms with van der Waals surface area (Å²) in [5.74, 6) is 0.441. The van der Waals surface area contributed by atoms with Gasteiger partial charge >= 0.3 is 0 Å². The van der Waals surface area contributed by atoms with Gasteiger partial charge in [0.25, 0.3) is 5.91 Å². The third kappa shape index (κ3) is 6.61. The molecule has 2 aromatic rings. The predicted octanol–water partition coefficient (Wildman–Crippen LogP) is 2.89. The quantitative estimate of drug-likeness (QED) is 0.689. The third-order valence-electron chi connectivity index (χ3n) is 5.24. The second kappa shape index (κ2) is 11.6. The lowest BCUT2D eigenvalue weighted by Gasteiger charge is -2.34. The number of piperidine rings is 1. The molecule has 2 amide bonds. The van der Waals surface area contributed by atoms with Gasteiger partial charge in [0.15, 0.2) is 5.76 Å². The number of halogens is 1. The van der Waals surface area contributed by atoms with Crippen LogP contribution in [0, 0.1) is 5.92 Å². The van der Waals surface area contributed by atoms with E-state index < -0.39 is 6.04 Å². The molecule has 1 saturated heterocycles. The lowest BCUT2D eigenvalue weighted by atomic mass is 9.95. The average molecular weight is 420 g/mol. The summed E-state index contributed by atoms with van der Waals surface area (Å²) in [4.78, 5) is 27.6. The molecule has 6 nitrogen and oxygen atoms in total. The molecule has 29 heavy (non-hydrogen) atoms. The monoisotopic (exact) mass is 419 g/mol. The highest BCUT2D eigenvalue weighted by Gasteiger charge is 2.30. The SMILES string of the molecule is CCNCC1CCN(C(=O)C(Cc2ccccc2)NC(=O)c2ccco2)CC1.Cl. The van der Waals surface area contributed by atoms with E-state index in [2.05, 4.69) is 17.6 Å². The number of carbonyl (C=O) groups is 2. The Kier molecular flexibility index (Phi) is 9.22. The van der Waals surface area contributed by atoms with Crippen LogP contribution >= 0.6 is 12.4 Å². The fourth-order valence-corrected chi connectivity index (χ4v) is 3.61. The molecule has 7 heteroatoms. The van der Waals surface area contributed by atoms with Crippen molar-refractivity contribution in [2.45, 2.75) is 32.2 Å². The lowest BCUT2D eigenvalue weighted by molar-refractivity contribution is -0.134. The molecule has 1 aromatic heterocycles. The predicted molar refractivity (Wildman–Crippen MR) is 115 cm³/mol. The first-order valence-electron chi connectivity index (χ1n) is 10.0. The van der Waals surface area contributed by atoms with E-state index in [1.54, 1.807) is 12.1 Å². The van der Waals surface area contributed by atoms with Crippen molar-refractivity contribution in [3.8, 4) is 0 Å². The number of furan rings is 1. The van der Waals surface area contributed by atoms with E-state index in [4.69, 9.17) is 4.42 Å². The van der Waals surface area contributed by atoms with E-state index >= 15 is 0 Å². The van der Waals surface area contributed by atoms with Crippen molar-refractivity contribution in [2.75, 3.05) is 26.2 Å². The zero-order valence-electron chi connectivity index (χ0n) is 16.8. The number of amides is 2. The Bertz CT molecular complexity index is 744. The molecule has 1 aliphatic rings. The summed E-state index contributed by atoms with van der Waals surface area (Å²) >= 11 is 0. The van der Waals surface area contributed by atoms with Crippen molar-refractivity contribution >= 4 is 24.2 Å². The maximum atomic E-state index is 13.2. The van der Waals surface area contributed by atoms with E-state index in [0.717, 1.165) is 44.6 Å². The molecule has 2 N–H and O–H groups in total. The maximum absolute atomic E-state index is 13.2. The van der Waals surface area contributed by atoms with Gasteiger partial charge in [-0.25, -0.2) is 0 Å². The van der Waals surface area contributed by atoms with Gasteiger partial charge in [-0.3, -0.25) is 9.59 Å². The summed E-state index contributed by atoms with van der Waals surface area (Å²) in [7, 11) is 0. The summed E-state index contributed by atoms with van der Waals surface area (Å²) in [6.07, 6.45) is 3.90. The summed E-state index contributed by atoms with van der Waals surface area (Å²) < 4.78 is 5.18. The van der Waals surface area contributed by atoms with Crippen LogP contribution in [-0.2, 0) is 11.2 Å². The molecule has 1 aliphatic heterocycles. The molecule has 0 spiro atoms. The number of nitrogens with one attached hydrogen (secondary N) is 2. The van der Waals surface area contributed by atoms with Crippen LogP contribution in [0.5, 0.6) is 0 Å². The second-order valence-corrected chi connectivity index (χ2v) is 7.27. The van der Waals surface area contributed by atoms with E-state index in [-0.39, 0.29) is 30.0 Å². The van der Waals surface area contributed by atoms with Gasteiger partial charge in [-0.2, -0.15) is 0 Å². The summed E-state index contributed by atoms with van der Waals surface area (Å²) in [6.45, 7) is 5.54. The molecule has 0 aliphatic carbocycles. The highest BCUT2D eigenvalue weighted by Crippen LogP contribution is 2.18. The minimum Gasteiger partial charge on any atom is -0.459 e. The molecule has 0 saturated carbocycles. The van der Waals surface area contributed by atoms with E-state index in [1.165, 1.54) is 6.26 Å². The number of rotatable bonds is 8. The van der Waals surface area contributed by atoms with E-state index in [9.17, 15) is 9.59 Å². The molecule has 3 rings (SSSR count). The van der Waals surface area contributed by atoms with Crippen molar-refractivity contribution in [2.24, 2.45) is 5.92 Å². The Balaban J connectivity index is 0.00000300. The average Bonchev–Trinajstić information content (AvgIpc) is 3.27. The Hall–Kier alpha value is -2.31. The highest BCUT2D eigenvalue weighted by molar-refractivity contribution is 5.95. The largest absolute Gasteiger partial charge is 0.459 e. The summed E-state index contributed by atoms with van der Waals surface area (Å²) in [5.41, 5.74) is 1.02. The van der Waals surface area contributed by atoms with Gasteiger partial charge in [0.05, 0.1) is 6.26 Å². The summed E-state index contributed by atoms with van der Waals surface area (Å²) in [5, 5.41) is 6.26. The van der Waals surface area contributed by atoms with Crippen LogP contribution in [0.4, 0.5) is 0 Å². The van der Waals surface area contributed by atoms with Crippen LogP contribution in [0.3, 0.4) is 0 Å². The number of nitrogens with zero attached hydrogens (tertiary/aromatic N) is 1. The fraction of sp³-hybridized carbons (Fsp3) is 0.455. The van der Waals surface area contributed by atoms with Gasteiger partial charge in [0.2, 0.25) is 5.91 Å². The minimum atomic E-state index is -0.606. The molecular formula is C22H30ClN3O3. The van der Waals surface area contributed by atoms with Gasteiger partial charge in [0, 0.05) is 19.5 Å². The van der Waals surface area contributed by atoms with Gasteiger partial charge < -0.3 is 20.0 Å². The Morgan fingerprint density at radius 2 is 1.86 bits per heavy atom. The molecule has 2 heterocycles. The zero-order chi connectivity index (χ0) is 19.8. The topological polar surface area (TPSA) is 74.6 Å². The molecule has 158 valence electrons. The van der Waals surface area contributed by atoms with Crippen LogP contribution in [0.25, 0.3) is 0 Å². The molecule has 1 atom stereocenters. The van der Waals surface area contributed by atoms with Crippen LogP contribution < -0.4 is 10.6 Å². The van der Waals surface area contributed by atoms with Gasteiger partial charge in [0.1, 0.15) is 6.04 Å². The van der Waals surface area contributed by atoms with Gasteiger partial charge in [-0.1, -0.05) is 37.3 Å². The first-order chi connectivity index (χ1) is 13.7. The molecule has 1 unspecified atom stereocenters. The standard InChI is InChI=1S/C22H29N3O3.ClH/c1-2-23-16-18-10-12-25(13-11-18)22(27)19(15-17-7-4-3-5-8-17)24-21(26)20-9-6-14-28-20;/h3-9,14,18-19,23H,2,10-13,15-16H2,1H3,(H,24,26);1H. The molecule has 0 radical (unpaired) electrons. The van der Waals surface area contributed by atoms with Crippen molar-refractivity contribution in [3.63, 3.8) is 0 Å². The van der Waals surface area contributed by atoms with E-state index in [1.807, 2.05) is 35.2 Å². The number of hydrogen-bond acceptors (Lipinski definition) is 4. The van der Waals surface area contributed by atoms with Crippen LogP contribution in [0.1, 0.15) is 35.9 Å². The van der Waals surface area contributed by atoms with E-state index in [0.29, 0.717) is 12.3 Å². The smallest absolute Gasteiger partial charge is 0.287 e. The van der Waals surface area contributed by atoms with Crippen LogP contribution in [-0.4, -0.2) is 48.9 Å². The lowest BCUT2D eigenvalue weighted by Crippen LogP contribution is -2.52. The molecule has 1 aromatic carbocycles. The minimum absolute atomic E-state index is 0. The Morgan fingerprint density at radius 1 is 1.14 bits per heavy atom. The third-order valence-corrected chi connectivity index (χ3v) is 5.24. The number of benzene rings is 1. The van der Waals surface area contributed by atoms with Gasteiger partial charge in [-0.05, 0) is 49.5 Å². The normalized spacial score (nSPS) is 15.4. The maximum Gasteiger partial charge on any atom is 0.287 e. The van der Waals surface area contributed by atoms with Crippen LogP contribution in [0.2, 0.25) is 0 Å². The summed E-state index contributed by atoms with van der Waals surface area (Å²) in [6, 6.07) is 12.4. The Morgan fingerprint density at radius 3 is 2.48 bits per heavy atom. The Labute approximate surface area is 178 Å². The molecule has 1 fully saturated rings. The van der Waals surface area contributed by atoms with Gasteiger partial charge in [-0.15, -0.1) is 12.4 Å². The van der Waals surface area contributed by atoms with Crippen molar-refractivity contribution in [1.29, 1.82) is 0 Å². The zero-order valence-corrected chi connectivity index (χ0v) is 17.6. The number of hydrogen-bond donors (Lipinski definition) is 2. The fourth-order valence-electron chi connectivity index (χ4n) is 3.61. The van der Waals surface area contributed by atoms with Crippen molar-refractivity contribution in [1.82, 2.24) is 15.5 Å². The number of likely N-dealkylation sites (tertiary alicyclic amines) is 1. The van der Waals surface area contributed by atoms with Crippen LogP contribution in [0.15, 0.2) is 53.1 Å². The first kappa shape index (κ1) is 23.0. The highest BCUT2D eigenvalue weighted by atomic mass is 35.5. The second-order valence-electron chi connectivity index (χ2n) is 7.27. The molecule has 0 bridgehead atoms. The first-order valence-corrected chi connectivity index (χ1v) is 10.0. The van der Waals surface area contributed by atoms with Crippen molar-refractivity contribution in [3.05, 3.63) is 60.1 Å². The number of carbonyl (C=O) groups excluding carboxylic acids is 2. The van der Waals surface area contributed by atoms with Crippen molar-refractivity contribution < 1.29 is 14.0 Å². The molecular weight excluding hydrogens is 390 g/mol.